The van der Waals surface area contributed by atoms with Crippen LogP contribution in [0.1, 0.15) is 10.5 Å². The van der Waals surface area contributed by atoms with E-state index in [-0.39, 0.29) is 5.69 Å². The fraction of sp³-hybridized carbons (Fsp3) is 0.143. The maximum atomic E-state index is 11.1. The van der Waals surface area contributed by atoms with Crippen molar-refractivity contribution >= 4 is 11.9 Å². The van der Waals surface area contributed by atoms with Gasteiger partial charge in [-0.3, -0.25) is 14.6 Å². The predicted molar refractivity (Wildman–Crippen MR) is 43.1 cm³/mol. The lowest BCUT2D eigenvalue weighted by atomic mass is 10.4. The SMILES string of the molecule is O=C(O)CONC(=O)c1cnccn1. The van der Waals surface area contributed by atoms with E-state index >= 15 is 0 Å². The first-order chi connectivity index (χ1) is 6.70. The maximum Gasteiger partial charge on any atom is 0.332 e. The number of amides is 1. The van der Waals surface area contributed by atoms with Gasteiger partial charge in [0.05, 0.1) is 6.20 Å². The maximum absolute atomic E-state index is 11.1. The number of nitrogens with one attached hydrogen (secondary N) is 1. The molecule has 0 spiro atoms. The van der Waals surface area contributed by atoms with E-state index in [4.69, 9.17) is 5.11 Å². The fourth-order valence-corrected chi connectivity index (χ4v) is 0.632. The van der Waals surface area contributed by atoms with Gasteiger partial charge < -0.3 is 5.11 Å². The number of rotatable bonds is 4. The molecule has 7 heteroatoms. The minimum absolute atomic E-state index is 0.0536. The topological polar surface area (TPSA) is 101 Å². The molecule has 0 saturated heterocycles. The molecule has 0 aliphatic rings. The van der Waals surface area contributed by atoms with Crippen molar-refractivity contribution in [1.29, 1.82) is 0 Å². The molecule has 14 heavy (non-hydrogen) atoms. The molecular formula is C7H7N3O4. The number of aromatic nitrogens is 2. The molecule has 0 radical (unpaired) electrons. The summed E-state index contributed by atoms with van der Waals surface area (Å²) in [4.78, 5) is 32.8. The minimum atomic E-state index is -1.18. The van der Waals surface area contributed by atoms with E-state index < -0.39 is 18.5 Å². The third-order valence-electron chi connectivity index (χ3n) is 1.16. The van der Waals surface area contributed by atoms with Crippen molar-refractivity contribution in [3.05, 3.63) is 24.3 Å². The molecule has 0 atom stereocenters. The molecule has 0 aromatic carbocycles. The second-order valence-corrected chi connectivity index (χ2v) is 2.20. The van der Waals surface area contributed by atoms with Crippen molar-refractivity contribution in [1.82, 2.24) is 15.4 Å². The molecule has 74 valence electrons. The van der Waals surface area contributed by atoms with Crippen LogP contribution in [0.25, 0.3) is 0 Å². The van der Waals surface area contributed by atoms with E-state index in [0.717, 1.165) is 0 Å². The zero-order chi connectivity index (χ0) is 10.4. The molecule has 1 aromatic heterocycles. The Hall–Kier alpha value is -2.02. The summed E-state index contributed by atoms with van der Waals surface area (Å²) in [6, 6.07) is 0. The van der Waals surface area contributed by atoms with Gasteiger partial charge in [-0.2, -0.15) is 0 Å². The van der Waals surface area contributed by atoms with E-state index in [0.29, 0.717) is 0 Å². The monoisotopic (exact) mass is 197 g/mol. The van der Waals surface area contributed by atoms with Crippen molar-refractivity contribution in [2.45, 2.75) is 0 Å². The van der Waals surface area contributed by atoms with E-state index in [1.165, 1.54) is 18.6 Å². The van der Waals surface area contributed by atoms with Crippen molar-refractivity contribution in [3.8, 4) is 0 Å². The van der Waals surface area contributed by atoms with Crippen LogP contribution in [-0.4, -0.2) is 33.6 Å². The first-order valence-corrected chi connectivity index (χ1v) is 3.60. The summed E-state index contributed by atoms with van der Waals surface area (Å²) in [7, 11) is 0. The Bertz CT molecular complexity index is 327. The van der Waals surface area contributed by atoms with Crippen LogP contribution in [0, 0.1) is 0 Å². The average molecular weight is 197 g/mol. The first-order valence-electron chi connectivity index (χ1n) is 3.60. The second-order valence-electron chi connectivity index (χ2n) is 2.20. The Labute approximate surface area is 78.7 Å². The van der Waals surface area contributed by atoms with E-state index in [1.807, 2.05) is 5.48 Å². The molecule has 1 aromatic rings. The number of carboxylic acids is 1. The second kappa shape index (κ2) is 4.87. The first kappa shape index (κ1) is 10.1. The van der Waals surface area contributed by atoms with Gasteiger partial charge in [-0.05, 0) is 0 Å². The largest absolute Gasteiger partial charge is 0.479 e. The summed E-state index contributed by atoms with van der Waals surface area (Å²) >= 11 is 0. The van der Waals surface area contributed by atoms with Crippen LogP contribution in [0.3, 0.4) is 0 Å². The summed E-state index contributed by atoms with van der Waals surface area (Å²) in [5.74, 6) is -1.82. The molecule has 0 bridgehead atoms. The third kappa shape index (κ3) is 3.15. The number of aliphatic carboxylic acids is 1. The molecule has 2 N–H and O–H groups in total. The summed E-state index contributed by atoms with van der Waals surface area (Å²) in [6.07, 6.45) is 3.99. The van der Waals surface area contributed by atoms with E-state index in [2.05, 4.69) is 14.8 Å². The molecule has 7 nitrogen and oxygen atoms in total. The standard InChI is InChI=1S/C7H7N3O4/c11-6(12)4-14-10-7(13)5-3-8-1-2-9-5/h1-3H,4H2,(H,10,13)(H,11,12). The van der Waals surface area contributed by atoms with Crippen LogP contribution in [-0.2, 0) is 9.63 Å². The van der Waals surface area contributed by atoms with E-state index in [9.17, 15) is 9.59 Å². The van der Waals surface area contributed by atoms with Gasteiger partial charge in [-0.25, -0.2) is 15.3 Å². The Morgan fingerprint density at radius 2 is 2.29 bits per heavy atom. The summed E-state index contributed by atoms with van der Waals surface area (Å²) in [6.45, 7) is -0.605. The number of carbonyl (C=O) groups excluding carboxylic acids is 1. The van der Waals surface area contributed by atoms with Gasteiger partial charge in [0, 0.05) is 12.4 Å². The number of hydrogen-bond acceptors (Lipinski definition) is 5. The fourth-order valence-electron chi connectivity index (χ4n) is 0.632. The number of nitrogens with zero attached hydrogens (tertiary/aromatic N) is 2. The lowest BCUT2D eigenvalue weighted by Crippen LogP contribution is -2.27. The third-order valence-corrected chi connectivity index (χ3v) is 1.16. The van der Waals surface area contributed by atoms with Crippen LogP contribution in [0.5, 0.6) is 0 Å². The minimum Gasteiger partial charge on any atom is -0.479 e. The number of hydroxylamine groups is 1. The predicted octanol–water partition coefficient (Wildman–Crippen LogP) is -0.777. The quantitative estimate of drug-likeness (QED) is 0.614. The molecular weight excluding hydrogens is 190 g/mol. The Balaban J connectivity index is 2.40. The zero-order valence-corrected chi connectivity index (χ0v) is 7.01. The molecule has 0 aliphatic carbocycles. The number of carboxylic acid groups (broad SMARTS) is 1. The molecule has 0 unspecified atom stereocenters. The van der Waals surface area contributed by atoms with E-state index in [1.54, 1.807) is 0 Å². The van der Waals surface area contributed by atoms with Gasteiger partial charge in [0.1, 0.15) is 5.69 Å². The van der Waals surface area contributed by atoms with Crippen LogP contribution in [0.2, 0.25) is 0 Å². The number of hydrogen-bond donors (Lipinski definition) is 2. The molecule has 0 aliphatic heterocycles. The smallest absolute Gasteiger partial charge is 0.332 e. The van der Waals surface area contributed by atoms with Crippen LogP contribution in [0.4, 0.5) is 0 Å². The van der Waals surface area contributed by atoms with Crippen molar-refractivity contribution in [2.24, 2.45) is 0 Å². The molecule has 0 fully saturated rings. The van der Waals surface area contributed by atoms with Crippen molar-refractivity contribution < 1.29 is 19.5 Å². The zero-order valence-electron chi connectivity index (χ0n) is 7.01. The van der Waals surface area contributed by atoms with Crippen LogP contribution in [0.15, 0.2) is 18.6 Å². The highest BCUT2D eigenvalue weighted by Gasteiger charge is 2.06. The molecule has 0 saturated carbocycles. The van der Waals surface area contributed by atoms with Gasteiger partial charge in [0.15, 0.2) is 6.61 Å². The van der Waals surface area contributed by atoms with Crippen LogP contribution >= 0.6 is 0 Å². The van der Waals surface area contributed by atoms with Gasteiger partial charge in [-0.15, -0.1) is 0 Å². The van der Waals surface area contributed by atoms with Gasteiger partial charge in [0.2, 0.25) is 0 Å². The Morgan fingerprint density at radius 3 is 2.86 bits per heavy atom. The van der Waals surface area contributed by atoms with Gasteiger partial charge >= 0.3 is 5.97 Å². The summed E-state index contributed by atoms with van der Waals surface area (Å²) < 4.78 is 0. The van der Waals surface area contributed by atoms with Crippen molar-refractivity contribution in [3.63, 3.8) is 0 Å². The molecule has 1 heterocycles. The number of carbonyl (C=O) groups is 2. The Morgan fingerprint density at radius 1 is 1.50 bits per heavy atom. The highest BCUT2D eigenvalue weighted by molar-refractivity contribution is 5.91. The lowest BCUT2D eigenvalue weighted by molar-refractivity contribution is -0.144. The lowest BCUT2D eigenvalue weighted by Gasteiger charge is -2.01. The summed E-state index contributed by atoms with van der Waals surface area (Å²) in [5, 5.41) is 8.19. The van der Waals surface area contributed by atoms with Gasteiger partial charge in [0.25, 0.3) is 5.91 Å². The molecule has 1 amide bonds. The highest BCUT2D eigenvalue weighted by atomic mass is 16.7. The van der Waals surface area contributed by atoms with Crippen molar-refractivity contribution in [2.75, 3.05) is 6.61 Å². The Kier molecular flexibility index (Phi) is 3.50. The van der Waals surface area contributed by atoms with Gasteiger partial charge in [-0.1, -0.05) is 0 Å². The highest BCUT2D eigenvalue weighted by Crippen LogP contribution is 1.88. The molecule has 1 rings (SSSR count). The summed E-state index contributed by atoms with van der Waals surface area (Å²) in [5.41, 5.74) is 1.96. The average Bonchev–Trinajstić information content (AvgIpc) is 2.18. The van der Waals surface area contributed by atoms with Crippen LogP contribution < -0.4 is 5.48 Å². The normalized spacial score (nSPS) is 9.43.